The summed E-state index contributed by atoms with van der Waals surface area (Å²) in [5.41, 5.74) is 2.56. The maximum absolute atomic E-state index is 12.8. The van der Waals surface area contributed by atoms with Gasteiger partial charge in [-0.3, -0.25) is 0 Å². The summed E-state index contributed by atoms with van der Waals surface area (Å²) in [6.45, 7) is 1.36. The molecule has 1 aliphatic heterocycles. The number of halogens is 2. The van der Waals surface area contributed by atoms with Crippen LogP contribution in [0.2, 0.25) is 0 Å². The quantitative estimate of drug-likeness (QED) is 0.298. The van der Waals surface area contributed by atoms with Crippen LogP contribution in [0.1, 0.15) is 18.9 Å². The van der Waals surface area contributed by atoms with Gasteiger partial charge in [0.25, 0.3) is 0 Å². The molecule has 4 rings (SSSR count). The van der Waals surface area contributed by atoms with Crippen molar-refractivity contribution in [2.24, 2.45) is 4.99 Å². The SMILES string of the molecule is CCNC(=NCc1cc2c(cc1OC(F)F)OCO2)NCCCn1cnc2ccccc21. The van der Waals surface area contributed by atoms with Crippen molar-refractivity contribution in [2.45, 2.75) is 33.0 Å². The van der Waals surface area contributed by atoms with E-state index >= 15 is 0 Å². The summed E-state index contributed by atoms with van der Waals surface area (Å²) in [6.07, 6.45) is 2.70. The number of nitrogens with one attached hydrogen (secondary N) is 2. The molecule has 170 valence electrons. The highest BCUT2D eigenvalue weighted by Crippen LogP contribution is 2.39. The topological polar surface area (TPSA) is 81.9 Å². The zero-order chi connectivity index (χ0) is 22.3. The lowest BCUT2D eigenvalue weighted by molar-refractivity contribution is -0.0505. The maximum atomic E-state index is 12.8. The molecule has 0 atom stereocenters. The molecule has 32 heavy (non-hydrogen) atoms. The molecule has 3 aromatic rings. The predicted octanol–water partition coefficient (Wildman–Crippen LogP) is 3.51. The van der Waals surface area contributed by atoms with E-state index in [2.05, 4.69) is 29.9 Å². The lowest BCUT2D eigenvalue weighted by atomic mass is 10.1. The average molecular weight is 445 g/mol. The fraction of sp³-hybridized carbons (Fsp3) is 0.364. The molecule has 1 aromatic heterocycles. The monoisotopic (exact) mass is 445 g/mol. The number of aryl methyl sites for hydroxylation is 1. The molecule has 10 heteroatoms. The van der Waals surface area contributed by atoms with Crippen molar-refractivity contribution in [1.29, 1.82) is 0 Å². The van der Waals surface area contributed by atoms with E-state index in [9.17, 15) is 8.78 Å². The van der Waals surface area contributed by atoms with E-state index in [-0.39, 0.29) is 19.1 Å². The fourth-order valence-corrected chi connectivity index (χ4v) is 3.45. The Balaban J connectivity index is 1.37. The molecule has 0 radical (unpaired) electrons. The zero-order valence-corrected chi connectivity index (χ0v) is 17.7. The van der Waals surface area contributed by atoms with Crippen LogP contribution in [0.5, 0.6) is 17.2 Å². The molecule has 1 aliphatic rings. The number of imidazole rings is 1. The van der Waals surface area contributed by atoms with Crippen molar-refractivity contribution in [3.63, 3.8) is 0 Å². The number of guanidine groups is 1. The lowest BCUT2D eigenvalue weighted by Gasteiger charge is -2.13. The van der Waals surface area contributed by atoms with Gasteiger partial charge < -0.3 is 29.4 Å². The minimum Gasteiger partial charge on any atom is -0.454 e. The van der Waals surface area contributed by atoms with Crippen molar-refractivity contribution in [3.05, 3.63) is 48.3 Å². The average Bonchev–Trinajstić information content (AvgIpc) is 3.41. The van der Waals surface area contributed by atoms with Crippen LogP contribution in [0.4, 0.5) is 8.78 Å². The number of rotatable bonds is 9. The van der Waals surface area contributed by atoms with E-state index < -0.39 is 6.61 Å². The third-order valence-electron chi connectivity index (χ3n) is 4.92. The Bertz CT molecular complexity index is 1090. The first kappa shape index (κ1) is 21.7. The standard InChI is InChI=1S/C22H25F2N5O3/c1-2-25-22(26-8-5-9-29-13-28-16-6-3-4-7-17(16)29)27-12-15-10-19-20(31-14-30-19)11-18(15)32-21(23)24/h3-4,6-7,10-11,13,21H,2,5,8-9,12,14H2,1H3,(H2,25,26,27). The minimum absolute atomic E-state index is 0.0239. The number of ether oxygens (including phenoxy) is 3. The van der Waals surface area contributed by atoms with Crippen molar-refractivity contribution in [3.8, 4) is 17.2 Å². The van der Waals surface area contributed by atoms with Crippen LogP contribution >= 0.6 is 0 Å². The van der Waals surface area contributed by atoms with E-state index in [0.29, 0.717) is 36.1 Å². The summed E-state index contributed by atoms with van der Waals surface area (Å²) in [6, 6.07) is 11.0. The van der Waals surface area contributed by atoms with Gasteiger partial charge in [-0.1, -0.05) is 12.1 Å². The number of nitrogens with zero attached hydrogens (tertiary/aromatic N) is 3. The van der Waals surface area contributed by atoms with Gasteiger partial charge in [0.15, 0.2) is 17.5 Å². The highest BCUT2D eigenvalue weighted by molar-refractivity contribution is 5.79. The third kappa shape index (κ3) is 5.19. The number of hydrogen-bond donors (Lipinski definition) is 2. The number of alkyl halides is 2. The first-order valence-electron chi connectivity index (χ1n) is 10.4. The molecule has 2 N–H and O–H groups in total. The predicted molar refractivity (Wildman–Crippen MR) is 116 cm³/mol. The van der Waals surface area contributed by atoms with Crippen LogP contribution in [0, 0.1) is 0 Å². The largest absolute Gasteiger partial charge is 0.454 e. The van der Waals surface area contributed by atoms with Crippen LogP contribution in [-0.2, 0) is 13.1 Å². The second-order valence-corrected chi connectivity index (χ2v) is 7.09. The Labute approximate surface area is 184 Å². The number of benzene rings is 2. The Hall–Kier alpha value is -3.56. The smallest absolute Gasteiger partial charge is 0.387 e. The summed E-state index contributed by atoms with van der Waals surface area (Å²) in [5.74, 6) is 1.48. The Morgan fingerprint density at radius 2 is 2.03 bits per heavy atom. The van der Waals surface area contributed by atoms with E-state index in [0.717, 1.165) is 24.0 Å². The third-order valence-corrected chi connectivity index (χ3v) is 4.92. The minimum atomic E-state index is -2.94. The number of aliphatic imine (C=N–C) groups is 1. The summed E-state index contributed by atoms with van der Waals surface area (Å²) in [7, 11) is 0. The van der Waals surface area contributed by atoms with Gasteiger partial charge in [-0.2, -0.15) is 8.78 Å². The molecule has 0 bridgehead atoms. The normalized spacial score (nSPS) is 13.1. The van der Waals surface area contributed by atoms with Crippen LogP contribution in [0.3, 0.4) is 0 Å². The van der Waals surface area contributed by atoms with Gasteiger partial charge in [-0.25, -0.2) is 9.98 Å². The second kappa shape index (κ2) is 10.2. The van der Waals surface area contributed by atoms with Gasteiger partial charge in [0.2, 0.25) is 6.79 Å². The highest BCUT2D eigenvalue weighted by atomic mass is 19.3. The number of para-hydroxylation sites is 2. The molecule has 0 fully saturated rings. The molecule has 0 saturated heterocycles. The van der Waals surface area contributed by atoms with Crippen LogP contribution in [-0.4, -0.2) is 42.0 Å². The Kier molecular flexibility index (Phi) is 6.88. The number of fused-ring (bicyclic) bond motifs is 2. The number of hydrogen-bond acceptors (Lipinski definition) is 5. The molecule has 0 amide bonds. The Morgan fingerprint density at radius 3 is 2.84 bits per heavy atom. The van der Waals surface area contributed by atoms with Crippen molar-refractivity contribution in [2.75, 3.05) is 19.9 Å². The zero-order valence-electron chi connectivity index (χ0n) is 17.7. The van der Waals surface area contributed by atoms with E-state index in [4.69, 9.17) is 9.47 Å². The van der Waals surface area contributed by atoms with Gasteiger partial charge in [0.05, 0.1) is 23.9 Å². The number of aromatic nitrogens is 2. The maximum Gasteiger partial charge on any atom is 0.387 e. The van der Waals surface area contributed by atoms with Gasteiger partial charge in [-0.05, 0) is 31.5 Å². The first-order valence-corrected chi connectivity index (χ1v) is 10.4. The summed E-state index contributed by atoms with van der Waals surface area (Å²) < 4.78 is 43.0. The molecule has 0 unspecified atom stereocenters. The van der Waals surface area contributed by atoms with Crippen molar-refractivity contribution >= 4 is 17.0 Å². The van der Waals surface area contributed by atoms with Crippen molar-refractivity contribution in [1.82, 2.24) is 20.2 Å². The van der Waals surface area contributed by atoms with Gasteiger partial charge in [0.1, 0.15) is 5.75 Å². The molecule has 0 saturated carbocycles. The van der Waals surface area contributed by atoms with E-state index in [1.807, 2.05) is 37.5 Å². The van der Waals surface area contributed by atoms with Crippen LogP contribution in [0.25, 0.3) is 11.0 Å². The molecular weight excluding hydrogens is 420 g/mol. The van der Waals surface area contributed by atoms with Gasteiger partial charge >= 0.3 is 6.61 Å². The molecule has 2 aromatic carbocycles. The van der Waals surface area contributed by atoms with Crippen LogP contribution in [0.15, 0.2) is 47.7 Å². The Morgan fingerprint density at radius 1 is 1.22 bits per heavy atom. The molecule has 0 spiro atoms. The fourth-order valence-electron chi connectivity index (χ4n) is 3.45. The molecule has 2 heterocycles. The molecular formula is C22H25F2N5O3. The molecule has 0 aliphatic carbocycles. The van der Waals surface area contributed by atoms with Crippen molar-refractivity contribution < 1.29 is 23.0 Å². The van der Waals surface area contributed by atoms with Crippen LogP contribution < -0.4 is 24.8 Å². The van der Waals surface area contributed by atoms with Gasteiger partial charge in [-0.15, -0.1) is 0 Å². The molecule has 8 nitrogen and oxygen atoms in total. The van der Waals surface area contributed by atoms with E-state index in [1.54, 1.807) is 6.07 Å². The highest BCUT2D eigenvalue weighted by Gasteiger charge is 2.20. The van der Waals surface area contributed by atoms with E-state index in [1.165, 1.54) is 6.07 Å². The summed E-state index contributed by atoms with van der Waals surface area (Å²) >= 11 is 0. The first-order chi connectivity index (χ1) is 15.6. The summed E-state index contributed by atoms with van der Waals surface area (Å²) in [4.78, 5) is 8.92. The summed E-state index contributed by atoms with van der Waals surface area (Å²) in [5, 5.41) is 6.44. The second-order valence-electron chi connectivity index (χ2n) is 7.09. The van der Waals surface area contributed by atoms with Gasteiger partial charge in [0, 0.05) is 31.3 Å². The lowest BCUT2D eigenvalue weighted by Crippen LogP contribution is -2.38.